The first kappa shape index (κ1) is 15.8. The van der Waals surface area contributed by atoms with Gasteiger partial charge in [-0.2, -0.15) is 0 Å². The van der Waals surface area contributed by atoms with E-state index >= 15 is 0 Å². The van der Waals surface area contributed by atoms with Crippen molar-refractivity contribution in [2.75, 3.05) is 0 Å². The van der Waals surface area contributed by atoms with Gasteiger partial charge in [-0.15, -0.1) is 0 Å². The van der Waals surface area contributed by atoms with E-state index in [2.05, 4.69) is 10.5 Å². The lowest BCUT2D eigenvalue weighted by molar-refractivity contribution is -0.142. The van der Waals surface area contributed by atoms with Gasteiger partial charge in [-0.25, -0.2) is 4.79 Å². The van der Waals surface area contributed by atoms with Crippen molar-refractivity contribution in [2.24, 2.45) is 0 Å². The van der Waals surface area contributed by atoms with Crippen LogP contribution in [0.1, 0.15) is 35.0 Å². The minimum absolute atomic E-state index is 0.180. The maximum Gasteiger partial charge on any atom is 0.330 e. The summed E-state index contributed by atoms with van der Waals surface area (Å²) < 4.78 is 5.04. The lowest BCUT2D eigenvalue weighted by Gasteiger charge is -2.14. The number of nitrogens with zero attached hydrogens (tertiary/aromatic N) is 1. The zero-order chi connectivity index (χ0) is 16.1. The number of carboxylic acid groups (broad SMARTS) is 1. The number of carboxylic acids is 1. The SMILES string of the molecule is Cc1noc(C)c1CCC(=O)N[C@H](C(=O)O)c1ccccc1. The molecule has 0 saturated heterocycles. The third-order valence-electron chi connectivity index (χ3n) is 3.47. The fourth-order valence-corrected chi connectivity index (χ4v) is 2.26. The molecule has 0 aliphatic heterocycles. The topological polar surface area (TPSA) is 92.4 Å². The highest BCUT2D eigenvalue weighted by atomic mass is 16.5. The molecule has 6 heteroatoms. The maximum absolute atomic E-state index is 12.0. The van der Waals surface area contributed by atoms with Crippen LogP contribution in [0, 0.1) is 13.8 Å². The standard InChI is InChI=1S/C16H18N2O4/c1-10-13(11(2)22-18-10)8-9-14(19)17-15(16(20)21)12-6-4-3-5-7-12/h3-7,15H,8-9H2,1-2H3,(H,17,19)(H,20,21)/t15-/m0/s1. The molecule has 0 radical (unpaired) electrons. The van der Waals surface area contributed by atoms with Gasteiger partial charge in [0.15, 0.2) is 6.04 Å². The highest BCUT2D eigenvalue weighted by molar-refractivity contribution is 5.84. The molecule has 0 unspecified atom stereocenters. The van der Waals surface area contributed by atoms with E-state index < -0.39 is 12.0 Å². The summed E-state index contributed by atoms with van der Waals surface area (Å²) in [7, 11) is 0. The number of benzene rings is 1. The normalized spacial score (nSPS) is 11.9. The highest BCUT2D eigenvalue weighted by Crippen LogP contribution is 2.16. The Morgan fingerprint density at radius 3 is 2.50 bits per heavy atom. The Labute approximate surface area is 128 Å². The zero-order valence-electron chi connectivity index (χ0n) is 12.5. The molecular formula is C16H18N2O4. The number of aliphatic carboxylic acids is 1. The van der Waals surface area contributed by atoms with Crippen molar-refractivity contribution >= 4 is 11.9 Å². The molecule has 1 amide bonds. The quantitative estimate of drug-likeness (QED) is 0.853. The fourth-order valence-electron chi connectivity index (χ4n) is 2.26. The van der Waals surface area contributed by atoms with Gasteiger partial charge in [0.1, 0.15) is 5.76 Å². The van der Waals surface area contributed by atoms with Gasteiger partial charge in [0.05, 0.1) is 5.69 Å². The Morgan fingerprint density at radius 2 is 1.95 bits per heavy atom. The number of nitrogens with one attached hydrogen (secondary N) is 1. The second-order valence-electron chi connectivity index (χ2n) is 5.05. The molecule has 2 aromatic rings. The molecule has 116 valence electrons. The smallest absolute Gasteiger partial charge is 0.330 e. The number of carbonyl (C=O) groups excluding carboxylic acids is 1. The molecule has 0 aliphatic rings. The molecule has 1 aromatic carbocycles. The molecule has 0 bridgehead atoms. The zero-order valence-corrected chi connectivity index (χ0v) is 12.5. The Balaban J connectivity index is 1.99. The molecule has 1 aromatic heterocycles. The van der Waals surface area contributed by atoms with E-state index in [0.717, 1.165) is 11.3 Å². The lowest BCUT2D eigenvalue weighted by Crippen LogP contribution is -2.33. The number of amides is 1. The average molecular weight is 302 g/mol. The van der Waals surface area contributed by atoms with E-state index in [1.807, 2.05) is 6.92 Å². The minimum atomic E-state index is -1.09. The van der Waals surface area contributed by atoms with Crippen molar-refractivity contribution < 1.29 is 19.2 Å². The summed E-state index contributed by atoms with van der Waals surface area (Å²) in [4.78, 5) is 23.4. The Morgan fingerprint density at radius 1 is 1.27 bits per heavy atom. The van der Waals surface area contributed by atoms with Crippen LogP contribution in [-0.2, 0) is 16.0 Å². The van der Waals surface area contributed by atoms with Crippen LogP contribution >= 0.6 is 0 Å². The maximum atomic E-state index is 12.0. The van der Waals surface area contributed by atoms with Crippen LogP contribution in [-0.4, -0.2) is 22.1 Å². The molecule has 0 aliphatic carbocycles. The summed E-state index contributed by atoms with van der Waals surface area (Å²) in [5, 5.41) is 15.7. The van der Waals surface area contributed by atoms with E-state index in [4.69, 9.17) is 4.52 Å². The summed E-state index contributed by atoms with van der Waals surface area (Å²) in [6.45, 7) is 3.60. The van der Waals surface area contributed by atoms with Gasteiger partial charge in [0, 0.05) is 12.0 Å². The number of hydrogen-bond acceptors (Lipinski definition) is 4. The van der Waals surface area contributed by atoms with Crippen LogP contribution < -0.4 is 5.32 Å². The van der Waals surface area contributed by atoms with Gasteiger partial charge in [-0.05, 0) is 25.8 Å². The first-order valence-corrected chi connectivity index (χ1v) is 6.98. The Hall–Kier alpha value is -2.63. The van der Waals surface area contributed by atoms with Gasteiger partial charge in [-0.3, -0.25) is 4.79 Å². The summed E-state index contributed by atoms with van der Waals surface area (Å²) in [5.74, 6) is -0.726. The van der Waals surface area contributed by atoms with E-state index in [1.165, 1.54) is 0 Å². The van der Waals surface area contributed by atoms with Gasteiger partial charge in [0.2, 0.25) is 5.91 Å². The van der Waals surface area contributed by atoms with Crippen LogP contribution in [0.25, 0.3) is 0 Å². The molecule has 0 spiro atoms. The predicted octanol–water partition coefficient (Wildman–Crippen LogP) is 2.17. The summed E-state index contributed by atoms with van der Waals surface area (Å²) in [6, 6.07) is 7.57. The second-order valence-corrected chi connectivity index (χ2v) is 5.05. The first-order chi connectivity index (χ1) is 10.5. The number of hydrogen-bond donors (Lipinski definition) is 2. The molecule has 22 heavy (non-hydrogen) atoms. The lowest BCUT2D eigenvalue weighted by atomic mass is 10.1. The van der Waals surface area contributed by atoms with E-state index in [-0.39, 0.29) is 12.3 Å². The molecule has 1 heterocycles. The number of rotatable bonds is 6. The predicted molar refractivity (Wildman–Crippen MR) is 79.3 cm³/mol. The van der Waals surface area contributed by atoms with Crippen LogP contribution in [0.2, 0.25) is 0 Å². The molecule has 0 saturated carbocycles. The molecule has 0 fully saturated rings. The van der Waals surface area contributed by atoms with Gasteiger partial charge in [0.25, 0.3) is 0 Å². The van der Waals surface area contributed by atoms with E-state index in [1.54, 1.807) is 37.3 Å². The first-order valence-electron chi connectivity index (χ1n) is 6.98. The van der Waals surface area contributed by atoms with Crippen LogP contribution in [0.5, 0.6) is 0 Å². The molecule has 6 nitrogen and oxygen atoms in total. The van der Waals surface area contributed by atoms with Crippen LogP contribution in [0.15, 0.2) is 34.9 Å². The van der Waals surface area contributed by atoms with Crippen molar-refractivity contribution in [1.82, 2.24) is 10.5 Å². The summed E-state index contributed by atoms with van der Waals surface area (Å²) in [5.41, 5.74) is 2.19. The third-order valence-corrected chi connectivity index (χ3v) is 3.47. The molecule has 2 N–H and O–H groups in total. The monoisotopic (exact) mass is 302 g/mol. The summed E-state index contributed by atoms with van der Waals surface area (Å²) in [6.07, 6.45) is 0.646. The highest BCUT2D eigenvalue weighted by Gasteiger charge is 2.22. The van der Waals surface area contributed by atoms with Crippen molar-refractivity contribution in [3.8, 4) is 0 Å². The fraction of sp³-hybridized carbons (Fsp3) is 0.312. The number of aromatic nitrogens is 1. The Bertz CT molecular complexity index is 645. The van der Waals surface area contributed by atoms with Crippen molar-refractivity contribution in [3.63, 3.8) is 0 Å². The summed E-state index contributed by atoms with van der Waals surface area (Å²) >= 11 is 0. The average Bonchev–Trinajstić information content (AvgIpc) is 2.82. The molecule has 2 rings (SSSR count). The molecule has 1 atom stereocenters. The number of carbonyl (C=O) groups is 2. The van der Waals surface area contributed by atoms with Crippen LogP contribution in [0.3, 0.4) is 0 Å². The minimum Gasteiger partial charge on any atom is -0.479 e. The van der Waals surface area contributed by atoms with E-state index in [0.29, 0.717) is 17.7 Å². The van der Waals surface area contributed by atoms with Gasteiger partial charge < -0.3 is 14.9 Å². The third kappa shape index (κ3) is 3.72. The van der Waals surface area contributed by atoms with E-state index in [9.17, 15) is 14.7 Å². The van der Waals surface area contributed by atoms with Crippen molar-refractivity contribution in [3.05, 3.63) is 52.9 Å². The largest absolute Gasteiger partial charge is 0.479 e. The van der Waals surface area contributed by atoms with Gasteiger partial charge in [-0.1, -0.05) is 35.5 Å². The van der Waals surface area contributed by atoms with Crippen molar-refractivity contribution in [2.45, 2.75) is 32.7 Å². The number of aryl methyl sites for hydroxylation is 2. The van der Waals surface area contributed by atoms with Crippen molar-refractivity contribution in [1.29, 1.82) is 0 Å². The second kappa shape index (κ2) is 6.89. The van der Waals surface area contributed by atoms with Crippen LogP contribution in [0.4, 0.5) is 0 Å². The Kier molecular flexibility index (Phi) is 4.93. The van der Waals surface area contributed by atoms with Gasteiger partial charge >= 0.3 is 5.97 Å². The molecular weight excluding hydrogens is 284 g/mol.